The summed E-state index contributed by atoms with van der Waals surface area (Å²) >= 11 is 6.27. The number of methoxy groups -OCH3 is 1. The van der Waals surface area contributed by atoms with E-state index >= 15 is 0 Å². The van der Waals surface area contributed by atoms with Crippen molar-refractivity contribution in [2.75, 3.05) is 37.5 Å². The molecule has 8 heteroatoms. The van der Waals surface area contributed by atoms with Crippen molar-refractivity contribution < 1.29 is 14.3 Å². The molecule has 0 aliphatic carbocycles. The molecule has 2 aromatic carbocycles. The fourth-order valence-electron chi connectivity index (χ4n) is 3.94. The van der Waals surface area contributed by atoms with Crippen molar-refractivity contribution >= 4 is 42.0 Å². The Morgan fingerprint density at radius 3 is 2.70 bits per heavy atom. The van der Waals surface area contributed by atoms with Crippen molar-refractivity contribution in [3.8, 4) is 0 Å². The predicted octanol–water partition coefficient (Wildman–Crippen LogP) is 3.37. The molecule has 1 amide bonds. The number of ether oxygens (including phenoxy) is 1. The molecule has 3 rings (SSSR count). The number of anilines is 1. The molecule has 1 saturated heterocycles. The van der Waals surface area contributed by atoms with Crippen LogP contribution in [0.2, 0.25) is 0 Å². The first-order valence-corrected chi connectivity index (χ1v) is 13.1. The predicted molar refractivity (Wildman–Crippen MR) is 140 cm³/mol. The summed E-state index contributed by atoms with van der Waals surface area (Å²) in [6.07, 6.45) is 4.17. The average molecular weight is 488 g/mol. The molecule has 0 radical (unpaired) electrons. The van der Waals surface area contributed by atoms with Crippen LogP contribution in [0.25, 0.3) is 0 Å². The van der Waals surface area contributed by atoms with Gasteiger partial charge in [0.2, 0.25) is 0 Å². The van der Waals surface area contributed by atoms with Crippen LogP contribution in [0.5, 0.6) is 0 Å². The number of carbonyl (C=O) groups excluding carboxylic acids is 2. The van der Waals surface area contributed by atoms with Gasteiger partial charge in [-0.15, -0.1) is 0 Å². The van der Waals surface area contributed by atoms with E-state index in [1.165, 1.54) is 7.11 Å². The largest absolute Gasteiger partial charge is 0.467 e. The summed E-state index contributed by atoms with van der Waals surface area (Å²) in [5, 5.41) is 10.2. The van der Waals surface area contributed by atoms with Crippen LogP contribution in [0, 0.1) is 0 Å². The molecule has 0 unspecified atom stereocenters. The zero-order valence-corrected chi connectivity index (χ0v) is 20.9. The van der Waals surface area contributed by atoms with Crippen molar-refractivity contribution in [3.05, 3.63) is 65.2 Å². The number of amides is 1. The Balaban J connectivity index is 1.80. The van der Waals surface area contributed by atoms with Gasteiger partial charge in [-0.3, -0.25) is 4.79 Å². The van der Waals surface area contributed by atoms with Crippen molar-refractivity contribution in [2.45, 2.75) is 36.6 Å². The Bertz CT molecular complexity index is 926. The van der Waals surface area contributed by atoms with E-state index in [4.69, 9.17) is 4.74 Å². The highest BCUT2D eigenvalue weighted by Crippen LogP contribution is 2.21. The Morgan fingerprint density at radius 2 is 2.03 bits per heavy atom. The summed E-state index contributed by atoms with van der Waals surface area (Å²) in [5.74, 6) is 0.0590. The van der Waals surface area contributed by atoms with E-state index in [9.17, 15) is 9.59 Å². The number of esters is 1. The van der Waals surface area contributed by atoms with Crippen LogP contribution < -0.4 is 16.0 Å². The molecule has 6 nitrogen and oxygen atoms in total. The van der Waals surface area contributed by atoms with Gasteiger partial charge in [-0.1, -0.05) is 30.3 Å². The van der Waals surface area contributed by atoms with E-state index < -0.39 is 12.0 Å². The summed E-state index contributed by atoms with van der Waals surface area (Å²) < 4.78 is 4.90. The number of rotatable bonds is 11. The smallest absolute Gasteiger partial charge is 0.328 e. The quantitative estimate of drug-likeness (QED) is 0.288. The number of carbonyl (C=O) groups is 2. The normalized spacial score (nSPS) is 18.5. The zero-order chi connectivity index (χ0) is 23.6. The van der Waals surface area contributed by atoms with E-state index in [1.54, 1.807) is 11.8 Å². The van der Waals surface area contributed by atoms with Crippen LogP contribution in [-0.2, 0) is 16.0 Å². The second-order valence-electron chi connectivity index (χ2n) is 8.16. The molecule has 2 aromatic rings. The van der Waals surface area contributed by atoms with Crippen LogP contribution in [0.3, 0.4) is 0 Å². The SMILES string of the molecule is COC(=O)[C@H](CCSC)NC(=O)c1ccc(NC[C@H]2NCC[C@@H]2S)cc1Cc1ccccc1. The number of hydrogen-bond acceptors (Lipinski definition) is 7. The lowest BCUT2D eigenvalue weighted by molar-refractivity contribution is -0.142. The van der Waals surface area contributed by atoms with Gasteiger partial charge < -0.3 is 20.7 Å². The third kappa shape index (κ3) is 7.42. The van der Waals surface area contributed by atoms with Gasteiger partial charge in [-0.05, 0) is 67.1 Å². The lowest BCUT2D eigenvalue weighted by Crippen LogP contribution is -2.42. The van der Waals surface area contributed by atoms with Gasteiger partial charge in [0.1, 0.15) is 6.04 Å². The first-order chi connectivity index (χ1) is 16.0. The first kappa shape index (κ1) is 25.5. The Morgan fingerprint density at radius 1 is 1.24 bits per heavy atom. The standard InChI is InChI=1S/C25H33N3O3S2/c1-31-25(30)21(11-13-33-2)28-24(29)20-9-8-19(27-16-22-23(32)10-12-26-22)15-18(20)14-17-6-4-3-5-7-17/h3-9,15,21-23,26-27,32H,10-14,16H2,1-2H3,(H,28,29)/t21-,22+,23-/m0/s1. The van der Waals surface area contributed by atoms with Crippen molar-refractivity contribution in [2.24, 2.45) is 0 Å². The van der Waals surface area contributed by atoms with Gasteiger partial charge in [0.15, 0.2) is 0 Å². The number of thiol groups is 1. The lowest BCUT2D eigenvalue weighted by Gasteiger charge is -2.19. The first-order valence-electron chi connectivity index (χ1n) is 11.2. The lowest BCUT2D eigenvalue weighted by atomic mass is 9.98. The van der Waals surface area contributed by atoms with Crippen LogP contribution in [0.4, 0.5) is 5.69 Å². The molecule has 0 bridgehead atoms. The summed E-state index contributed by atoms with van der Waals surface area (Å²) in [5.41, 5.74) is 3.54. The fraction of sp³-hybridized carbons (Fsp3) is 0.440. The van der Waals surface area contributed by atoms with E-state index in [2.05, 4.69) is 28.6 Å². The number of thioether (sulfide) groups is 1. The summed E-state index contributed by atoms with van der Waals surface area (Å²) in [7, 11) is 1.34. The molecule has 3 N–H and O–H groups in total. The number of hydrogen-bond donors (Lipinski definition) is 4. The molecule has 3 atom stereocenters. The number of benzene rings is 2. The van der Waals surface area contributed by atoms with Crippen LogP contribution in [0.15, 0.2) is 48.5 Å². The van der Waals surface area contributed by atoms with E-state index in [0.717, 1.165) is 42.1 Å². The molecule has 1 aliphatic rings. The molecule has 1 heterocycles. The monoisotopic (exact) mass is 487 g/mol. The molecular weight excluding hydrogens is 454 g/mol. The van der Waals surface area contributed by atoms with Gasteiger partial charge in [-0.25, -0.2) is 4.79 Å². The average Bonchev–Trinajstić information content (AvgIpc) is 3.25. The van der Waals surface area contributed by atoms with Gasteiger partial charge in [0.05, 0.1) is 7.11 Å². The minimum atomic E-state index is -0.668. The highest BCUT2D eigenvalue weighted by atomic mass is 32.2. The fourth-order valence-corrected chi connectivity index (χ4v) is 4.75. The highest BCUT2D eigenvalue weighted by Gasteiger charge is 2.24. The Kier molecular flexibility index (Phi) is 9.96. The van der Waals surface area contributed by atoms with Gasteiger partial charge in [0.25, 0.3) is 5.91 Å². The molecule has 1 aliphatic heterocycles. The molecule has 0 saturated carbocycles. The van der Waals surface area contributed by atoms with Crippen molar-refractivity contribution in [1.82, 2.24) is 10.6 Å². The van der Waals surface area contributed by atoms with E-state index in [0.29, 0.717) is 29.7 Å². The molecule has 0 aromatic heterocycles. The van der Waals surface area contributed by atoms with Gasteiger partial charge >= 0.3 is 5.97 Å². The van der Waals surface area contributed by atoms with Crippen molar-refractivity contribution in [1.29, 1.82) is 0 Å². The Hall–Kier alpha value is -2.16. The van der Waals surface area contributed by atoms with Crippen LogP contribution in [-0.4, -0.2) is 61.4 Å². The molecule has 178 valence electrons. The van der Waals surface area contributed by atoms with E-state index in [-0.39, 0.29) is 5.91 Å². The third-order valence-electron chi connectivity index (χ3n) is 5.83. The molecular formula is C25H33N3O3S2. The van der Waals surface area contributed by atoms with E-state index in [1.807, 2.05) is 54.8 Å². The van der Waals surface area contributed by atoms with Crippen LogP contribution >= 0.6 is 24.4 Å². The summed E-state index contributed by atoms with van der Waals surface area (Å²) in [6.45, 7) is 1.75. The maximum atomic E-state index is 13.2. The maximum absolute atomic E-state index is 13.2. The third-order valence-corrected chi connectivity index (χ3v) is 7.09. The number of nitrogens with one attached hydrogen (secondary N) is 3. The minimum absolute atomic E-state index is 0.267. The maximum Gasteiger partial charge on any atom is 0.328 e. The van der Waals surface area contributed by atoms with Gasteiger partial charge in [0, 0.05) is 29.1 Å². The second-order valence-corrected chi connectivity index (χ2v) is 9.81. The summed E-state index contributed by atoms with van der Waals surface area (Å²) in [4.78, 5) is 25.4. The zero-order valence-electron chi connectivity index (χ0n) is 19.2. The second kappa shape index (κ2) is 12.9. The minimum Gasteiger partial charge on any atom is -0.467 e. The highest BCUT2D eigenvalue weighted by molar-refractivity contribution is 7.98. The summed E-state index contributed by atoms with van der Waals surface area (Å²) in [6, 6.07) is 15.5. The topological polar surface area (TPSA) is 79.5 Å². The Labute approximate surface area is 206 Å². The van der Waals surface area contributed by atoms with Crippen LogP contribution in [0.1, 0.15) is 34.3 Å². The molecule has 33 heavy (non-hydrogen) atoms. The van der Waals surface area contributed by atoms with Gasteiger partial charge in [-0.2, -0.15) is 24.4 Å². The molecule has 0 spiro atoms. The van der Waals surface area contributed by atoms with Crippen molar-refractivity contribution in [3.63, 3.8) is 0 Å². The molecule has 1 fully saturated rings.